The number of rotatable bonds is 6. The molecule has 0 aliphatic rings. The van der Waals surface area contributed by atoms with Crippen molar-refractivity contribution in [1.29, 1.82) is 0 Å². The predicted octanol–water partition coefficient (Wildman–Crippen LogP) is 5.39. The highest BCUT2D eigenvalue weighted by molar-refractivity contribution is 6.74. The zero-order chi connectivity index (χ0) is 17.0. The largest absolute Gasteiger partial charge is 0.416 e. The van der Waals surface area contributed by atoms with Gasteiger partial charge in [0, 0.05) is 17.7 Å². The fourth-order valence-corrected chi connectivity index (χ4v) is 2.51. The molecule has 1 aromatic heterocycles. The monoisotopic (exact) mass is 328 g/mol. The van der Waals surface area contributed by atoms with Gasteiger partial charge in [-0.3, -0.25) is 4.98 Å². The minimum absolute atomic E-state index is 0.0334. The van der Waals surface area contributed by atoms with E-state index in [1.54, 1.807) is 0 Å². The van der Waals surface area contributed by atoms with Crippen molar-refractivity contribution in [3.05, 3.63) is 40.0 Å². The van der Waals surface area contributed by atoms with Gasteiger partial charge in [-0.25, -0.2) is 8.78 Å². The van der Waals surface area contributed by atoms with Gasteiger partial charge in [0.1, 0.15) is 5.69 Å². The minimum Gasteiger partial charge on any atom is -0.416 e. The van der Waals surface area contributed by atoms with E-state index in [-0.39, 0.29) is 17.3 Å². The maximum Gasteiger partial charge on any atom is 0.280 e. The molecule has 1 atom stereocenters. The van der Waals surface area contributed by atoms with Gasteiger partial charge in [0.05, 0.1) is 6.04 Å². The summed E-state index contributed by atoms with van der Waals surface area (Å²) in [6, 6.07) is 2.17. The molecule has 1 rings (SSSR count). The highest BCUT2D eigenvalue weighted by atomic mass is 28.4. The molecular weight excluding hydrogens is 306 g/mol. The van der Waals surface area contributed by atoms with Crippen LogP contribution in [0, 0.1) is 0 Å². The summed E-state index contributed by atoms with van der Waals surface area (Å²) < 4.78 is 31.1. The Morgan fingerprint density at radius 2 is 2.00 bits per heavy atom. The Hall–Kier alpha value is -1.50. The molecule has 0 amide bonds. The first-order valence-electron chi connectivity index (χ1n) is 7.00. The summed E-state index contributed by atoms with van der Waals surface area (Å²) >= 11 is 0. The van der Waals surface area contributed by atoms with Crippen LogP contribution < -0.4 is 0 Å². The molecule has 0 spiro atoms. The maximum absolute atomic E-state index is 12.5. The van der Waals surface area contributed by atoms with Gasteiger partial charge in [-0.15, -0.1) is 0 Å². The fraction of sp³-hybridized carbons (Fsp3) is 0.643. The van der Waals surface area contributed by atoms with Crippen molar-refractivity contribution in [3.8, 4) is 0 Å². The molecule has 0 aliphatic heterocycles. The van der Waals surface area contributed by atoms with E-state index in [1.807, 2.05) is 0 Å². The fourth-order valence-electron chi connectivity index (χ4n) is 1.51. The number of aromatic nitrogens is 1. The van der Waals surface area contributed by atoms with Crippen LogP contribution in [-0.2, 0) is 4.43 Å². The average molecular weight is 328 g/mol. The van der Waals surface area contributed by atoms with Crippen molar-refractivity contribution in [2.75, 3.05) is 6.61 Å². The molecule has 22 heavy (non-hydrogen) atoms. The lowest BCUT2D eigenvalue weighted by Crippen LogP contribution is -2.41. The van der Waals surface area contributed by atoms with Crippen LogP contribution in [0.2, 0.25) is 18.1 Å². The van der Waals surface area contributed by atoms with Crippen LogP contribution in [0.5, 0.6) is 0 Å². The van der Waals surface area contributed by atoms with Crippen molar-refractivity contribution in [1.82, 2.24) is 4.98 Å². The van der Waals surface area contributed by atoms with Crippen molar-refractivity contribution in [3.63, 3.8) is 0 Å². The Balaban J connectivity index is 2.89. The highest BCUT2D eigenvalue weighted by Crippen LogP contribution is 2.37. The van der Waals surface area contributed by atoms with Crippen LogP contribution in [-0.4, -0.2) is 19.9 Å². The normalized spacial score (nSPS) is 13.8. The minimum atomic E-state index is -2.62. The Labute approximate surface area is 130 Å². The summed E-state index contributed by atoms with van der Waals surface area (Å²) in [5, 5.41) is 3.74. The van der Waals surface area contributed by atoms with E-state index in [9.17, 15) is 8.78 Å². The molecule has 5 nitrogen and oxygen atoms in total. The predicted molar refractivity (Wildman–Crippen MR) is 84.2 cm³/mol. The number of azide groups is 1. The molecule has 122 valence electrons. The number of hydrogen-bond acceptors (Lipinski definition) is 3. The summed E-state index contributed by atoms with van der Waals surface area (Å²) in [7, 11) is -1.98. The number of alkyl halides is 2. The molecule has 0 bridgehead atoms. The summed E-state index contributed by atoms with van der Waals surface area (Å²) in [5.74, 6) is 0. The van der Waals surface area contributed by atoms with Gasteiger partial charge in [-0.2, -0.15) is 0 Å². The van der Waals surface area contributed by atoms with Gasteiger partial charge in [-0.05, 0) is 35.3 Å². The van der Waals surface area contributed by atoms with E-state index in [2.05, 4.69) is 48.9 Å². The molecule has 8 heteroatoms. The SMILES string of the molecule is CC(C)(C)[Si](C)(C)OCC(N=[N+]=[N-])c1ccc(C(F)F)nc1. The van der Waals surface area contributed by atoms with Gasteiger partial charge in [0.15, 0.2) is 8.32 Å². The molecule has 0 aliphatic carbocycles. The van der Waals surface area contributed by atoms with Crippen LogP contribution in [0.3, 0.4) is 0 Å². The van der Waals surface area contributed by atoms with Crippen LogP contribution >= 0.6 is 0 Å². The zero-order valence-electron chi connectivity index (χ0n) is 13.5. The molecule has 0 saturated carbocycles. The zero-order valence-corrected chi connectivity index (χ0v) is 14.5. The van der Waals surface area contributed by atoms with Gasteiger partial charge in [-0.1, -0.05) is 32.0 Å². The molecule has 1 aromatic rings. The van der Waals surface area contributed by atoms with Crippen molar-refractivity contribution in [2.24, 2.45) is 5.11 Å². The van der Waals surface area contributed by atoms with E-state index in [0.717, 1.165) is 0 Å². The second-order valence-corrected chi connectivity index (χ2v) is 11.4. The van der Waals surface area contributed by atoms with Crippen LogP contribution in [0.25, 0.3) is 10.4 Å². The standard InChI is InChI=1S/C14H22F2N4OSi/c1-14(2,3)22(4,5)21-9-12(19-20-17)10-6-7-11(13(15)16)18-8-10/h6-8,12-13H,9H2,1-5H3. The second kappa shape index (κ2) is 7.17. The molecule has 0 aromatic carbocycles. The highest BCUT2D eigenvalue weighted by Gasteiger charge is 2.37. The molecule has 0 fully saturated rings. The number of hydrogen-bond donors (Lipinski definition) is 0. The first-order chi connectivity index (χ1) is 10.1. The third-order valence-corrected chi connectivity index (χ3v) is 8.52. The van der Waals surface area contributed by atoms with E-state index in [1.165, 1.54) is 18.3 Å². The van der Waals surface area contributed by atoms with E-state index >= 15 is 0 Å². The number of nitrogens with zero attached hydrogens (tertiary/aromatic N) is 4. The van der Waals surface area contributed by atoms with Crippen molar-refractivity contribution in [2.45, 2.75) is 51.4 Å². The molecule has 1 heterocycles. The van der Waals surface area contributed by atoms with Crippen LogP contribution in [0.4, 0.5) is 8.78 Å². The van der Waals surface area contributed by atoms with E-state index in [4.69, 9.17) is 9.96 Å². The molecular formula is C14H22F2N4OSi. The first kappa shape index (κ1) is 18.5. The van der Waals surface area contributed by atoms with Crippen molar-refractivity contribution < 1.29 is 13.2 Å². The third kappa shape index (κ3) is 4.76. The van der Waals surface area contributed by atoms with Crippen LogP contribution in [0.15, 0.2) is 23.4 Å². The number of halogens is 2. The quantitative estimate of drug-likeness (QED) is 0.304. The summed E-state index contributed by atoms with van der Waals surface area (Å²) in [4.78, 5) is 6.51. The maximum atomic E-state index is 12.5. The first-order valence-corrected chi connectivity index (χ1v) is 9.91. The van der Waals surface area contributed by atoms with Gasteiger partial charge in [0.2, 0.25) is 0 Å². The van der Waals surface area contributed by atoms with Gasteiger partial charge >= 0.3 is 0 Å². The Kier molecular flexibility index (Phi) is 6.05. The van der Waals surface area contributed by atoms with Crippen molar-refractivity contribution >= 4 is 8.32 Å². The summed E-state index contributed by atoms with van der Waals surface area (Å²) in [6.45, 7) is 10.7. The van der Waals surface area contributed by atoms with E-state index < -0.39 is 20.8 Å². The third-order valence-electron chi connectivity index (χ3n) is 4.02. The Morgan fingerprint density at radius 3 is 2.41 bits per heavy atom. The molecule has 1 unspecified atom stereocenters. The second-order valence-electron chi connectivity index (χ2n) is 6.61. The lowest BCUT2D eigenvalue weighted by molar-refractivity contribution is 0.146. The smallest absolute Gasteiger partial charge is 0.280 e. The van der Waals surface area contributed by atoms with Gasteiger partial charge in [0.25, 0.3) is 6.43 Å². The lowest BCUT2D eigenvalue weighted by atomic mass is 10.1. The number of pyridine rings is 1. The van der Waals surface area contributed by atoms with Crippen LogP contribution in [0.1, 0.15) is 44.5 Å². The Bertz CT molecular complexity index is 537. The topological polar surface area (TPSA) is 70.9 Å². The lowest BCUT2D eigenvalue weighted by Gasteiger charge is -2.36. The molecule has 0 saturated heterocycles. The average Bonchev–Trinajstić information content (AvgIpc) is 2.42. The molecule has 0 radical (unpaired) electrons. The molecule has 0 N–H and O–H groups in total. The Morgan fingerprint density at radius 1 is 1.36 bits per heavy atom. The van der Waals surface area contributed by atoms with E-state index in [0.29, 0.717) is 5.56 Å². The summed E-state index contributed by atoms with van der Waals surface area (Å²) in [5.41, 5.74) is 8.98. The van der Waals surface area contributed by atoms with Gasteiger partial charge < -0.3 is 4.43 Å². The summed E-state index contributed by atoms with van der Waals surface area (Å²) in [6.07, 6.45) is -1.30.